The maximum absolute atomic E-state index is 11.5. The molecule has 2 aromatic rings. The standard InChI is InChI=1S/C19H18O7/c1-12(20)25-16-9-8-13(10-17(16)24-3)11-18(19(21)22)26-15-7-5-4-6-14(15)23-2/h4-11H,1-3H3,(H,21,22)/b18-11-. The molecule has 0 aliphatic heterocycles. The van der Waals surface area contributed by atoms with Crippen LogP contribution in [-0.4, -0.2) is 31.3 Å². The number of carbonyl (C=O) groups excluding carboxylic acids is 1. The van der Waals surface area contributed by atoms with E-state index in [-0.39, 0.29) is 23.0 Å². The fraction of sp³-hybridized carbons (Fsp3) is 0.158. The second-order valence-corrected chi connectivity index (χ2v) is 5.07. The van der Waals surface area contributed by atoms with Crippen molar-refractivity contribution in [3.63, 3.8) is 0 Å². The van der Waals surface area contributed by atoms with E-state index in [1.54, 1.807) is 30.3 Å². The molecule has 0 bridgehead atoms. The molecule has 0 radical (unpaired) electrons. The number of carboxylic acid groups (broad SMARTS) is 1. The molecule has 26 heavy (non-hydrogen) atoms. The van der Waals surface area contributed by atoms with Crippen molar-refractivity contribution in [3.05, 3.63) is 53.8 Å². The summed E-state index contributed by atoms with van der Waals surface area (Å²) < 4.78 is 20.8. The lowest BCUT2D eigenvalue weighted by Gasteiger charge is -2.11. The van der Waals surface area contributed by atoms with Gasteiger partial charge in [0.15, 0.2) is 23.0 Å². The monoisotopic (exact) mass is 358 g/mol. The summed E-state index contributed by atoms with van der Waals surface area (Å²) in [4.78, 5) is 22.6. The van der Waals surface area contributed by atoms with Crippen LogP contribution in [0.5, 0.6) is 23.0 Å². The van der Waals surface area contributed by atoms with Crippen LogP contribution in [0.3, 0.4) is 0 Å². The Bertz CT molecular complexity index is 840. The number of esters is 1. The highest BCUT2D eigenvalue weighted by atomic mass is 16.6. The van der Waals surface area contributed by atoms with Gasteiger partial charge in [-0.1, -0.05) is 18.2 Å². The predicted molar refractivity (Wildman–Crippen MR) is 93.5 cm³/mol. The van der Waals surface area contributed by atoms with Crippen LogP contribution in [0.1, 0.15) is 12.5 Å². The Labute approximate surface area is 150 Å². The van der Waals surface area contributed by atoms with Crippen LogP contribution < -0.4 is 18.9 Å². The zero-order valence-electron chi connectivity index (χ0n) is 14.5. The van der Waals surface area contributed by atoms with Gasteiger partial charge in [0.25, 0.3) is 0 Å². The molecule has 0 spiro atoms. The van der Waals surface area contributed by atoms with Crippen molar-refractivity contribution in [2.75, 3.05) is 14.2 Å². The van der Waals surface area contributed by atoms with Gasteiger partial charge in [-0.2, -0.15) is 0 Å². The maximum Gasteiger partial charge on any atom is 0.371 e. The van der Waals surface area contributed by atoms with Gasteiger partial charge < -0.3 is 24.1 Å². The first-order chi connectivity index (χ1) is 12.4. The van der Waals surface area contributed by atoms with Crippen molar-refractivity contribution in [1.82, 2.24) is 0 Å². The van der Waals surface area contributed by atoms with E-state index in [1.807, 2.05) is 0 Å². The van der Waals surface area contributed by atoms with Gasteiger partial charge in [-0.15, -0.1) is 0 Å². The van der Waals surface area contributed by atoms with Crippen molar-refractivity contribution in [2.24, 2.45) is 0 Å². The number of carboxylic acids is 1. The summed E-state index contributed by atoms with van der Waals surface area (Å²) in [6.07, 6.45) is 1.33. The zero-order valence-corrected chi connectivity index (χ0v) is 14.5. The van der Waals surface area contributed by atoms with Gasteiger partial charge in [0.2, 0.25) is 5.76 Å². The molecule has 0 aromatic heterocycles. The van der Waals surface area contributed by atoms with Crippen LogP contribution in [0.15, 0.2) is 48.2 Å². The maximum atomic E-state index is 11.5. The smallest absolute Gasteiger partial charge is 0.371 e. The lowest BCUT2D eigenvalue weighted by Crippen LogP contribution is -2.08. The van der Waals surface area contributed by atoms with E-state index < -0.39 is 11.9 Å². The number of hydrogen-bond acceptors (Lipinski definition) is 6. The quantitative estimate of drug-likeness (QED) is 0.352. The van der Waals surface area contributed by atoms with Crippen molar-refractivity contribution in [2.45, 2.75) is 6.92 Å². The zero-order chi connectivity index (χ0) is 19.1. The normalized spacial score (nSPS) is 10.8. The van der Waals surface area contributed by atoms with Crippen molar-refractivity contribution in [3.8, 4) is 23.0 Å². The van der Waals surface area contributed by atoms with Crippen LogP contribution in [0.25, 0.3) is 6.08 Å². The van der Waals surface area contributed by atoms with Gasteiger partial charge >= 0.3 is 11.9 Å². The van der Waals surface area contributed by atoms with Crippen LogP contribution in [0.4, 0.5) is 0 Å². The Morgan fingerprint density at radius 2 is 1.50 bits per heavy atom. The number of methoxy groups -OCH3 is 2. The number of carbonyl (C=O) groups is 2. The first-order valence-electron chi connectivity index (χ1n) is 7.57. The lowest BCUT2D eigenvalue weighted by molar-refractivity contribution is -0.135. The highest BCUT2D eigenvalue weighted by Crippen LogP contribution is 2.31. The van der Waals surface area contributed by atoms with E-state index in [2.05, 4.69) is 0 Å². The van der Waals surface area contributed by atoms with Gasteiger partial charge in [0.1, 0.15) is 0 Å². The molecule has 2 rings (SSSR count). The number of hydrogen-bond donors (Lipinski definition) is 1. The first kappa shape index (κ1) is 18.9. The number of para-hydroxylation sites is 2. The Morgan fingerprint density at radius 3 is 2.08 bits per heavy atom. The fourth-order valence-electron chi connectivity index (χ4n) is 2.12. The molecule has 0 fully saturated rings. The fourth-order valence-corrected chi connectivity index (χ4v) is 2.12. The van der Waals surface area contributed by atoms with Crippen LogP contribution in [0.2, 0.25) is 0 Å². The van der Waals surface area contributed by atoms with E-state index in [0.29, 0.717) is 11.3 Å². The molecule has 0 saturated carbocycles. The summed E-state index contributed by atoms with van der Waals surface area (Å²) in [5.74, 6) is -0.849. The molecule has 7 heteroatoms. The van der Waals surface area contributed by atoms with E-state index in [9.17, 15) is 14.7 Å². The first-order valence-corrected chi connectivity index (χ1v) is 7.57. The molecule has 0 unspecified atom stereocenters. The molecular weight excluding hydrogens is 340 g/mol. The molecule has 0 saturated heterocycles. The van der Waals surface area contributed by atoms with Gasteiger partial charge in [-0.05, 0) is 35.9 Å². The summed E-state index contributed by atoms with van der Waals surface area (Å²) in [6, 6.07) is 11.3. The predicted octanol–water partition coefficient (Wildman–Crippen LogP) is 3.13. The third-order valence-corrected chi connectivity index (χ3v) is 3.24. The molecule has 1 N–H and O–H groups in total. The Morgan fingerprint density at radius 1 is 0.885 bits per heavy atom. The van der Waals surface area contributed by atoms with Crippen LogP contribution >= 0.6 is 0 Å². The van der Waals surface area contributed by atoms with E-state index in [1.165, 1.54) is 39.4 Å². The van der Waals surface area contributed by atoms with Crippen LogP contribution in [0, 0.1) is 0 Å². The summed E-state index contributed by atoms with van der Waals surface area (Å²) in [5.41, 5.74) is 0.491. The third-order valence-electron chi connectivity index (χ3n) is 3.24. The summed E-state index contributed by atoms with van der Waals surface area (Å²) in [7, 11) is 2.88. The highest BCUT2D eigenvalue weighted by Gasteiger charge is 2.15. The second kappa shape index (κ2) is 8.57. The number of aliphatic carboxylic acids is 1. The molecule has 0 amide bonds. The minimum Gasteiger partial charge on any atom is -0.493 e. The van der Waals surface area contributed by atoms with Gasteiger partial charge in [-0.25, -0.2) is 4.79 Å². The molecule has 0 heterocycles. The van der Waals surface area contributed by atoms with Crippen molar-refractivity contribution >= 4 is 18.0 Å². The SMILES string of the molecule is COc1cc(/C=C(\Oc2ccccc2OC)C(=O)O)ccc1OC(C)=O. The number of benzene rings is 2. The topological polar surface area (TPSA) is 91.3 Å². The summed E-state index contributed by atoms with van der Waals surface area (Å²) >= 11 is 0. The molecular formula is C19H18O7. The molecule has 7 nitrogen and oxygen atoms in total. The number of rotatable bonds is 7. The van der Waals surface area contributed by atoms with Gasteiger partial charge in [0, 0.05) is 6.92 Å². The molecule has 0 atom stereocenters. The molecule has 136 valence electrons. The van der Waals surface area contributed by atoms with Crippen LogP contribution in [-0.2, 0) is 9.59 Å². The average Bonchev–Trinajstić information content (AvgIpc) is 2.62. The van der Waals surface area contributed by atoms with Crippen molar-refractivity contribution in [1.29, 1.82) is 0 Å². The average molecular weight is 358 g/mol. The van der Waals surface area contributed by atoms with Gasteiger partial charge in [-0.3, -0.25) is 4.79 Å². The Hall–Kier alpha value is -3.48. The Kier molecular flexibility index (Phi) is 6.21. The largest absolute Gasteiger partial charge is 0.493 e. The highest BCUT2D eigenvalue weighted by molar-refractivity contribution is 5.90. The minimum atomic E-state index is -1.25. The molecule has 2 aromatic carbocycles. The van der Waals surface area contributed by atoms with E-state index >= 15 is 0 Å². The summed E-state index contributed by atoms with van der Waals surface area (Å²) in [6.45, 7) is 1.27. The Balaban J connectivity index is 2.36. The van der Waals surface area contributed by atoms with E-state index in [0.717, 1.165) is 0 Å². The third kappa shape index (κ3) is 4.76. The van der Waals surface area contributed by atoms with E-state index in [4.69, 9.17) is 18.9 Å². The minimum absolute atomic E-state index is 0.236. The van der Waals surface area contributed by atoms with Crippen molar-refractivity contribution < 1.29 is 33.6 Å². The lowest BCUT2D eigenvalue weighted by atomic mass is 10.1. The molecule has 0 aliphatic carbocycles. The van der Waals surface area contributed by atoms with Gasteiger partial charge in [0.05, 0.1) is 14.2 Å². The molecule has 0 aliphatic rings. The second-order valence-electron chi connectivity index (χ2n) is 5.07. The number of ether oxygens (including phenoxy) is 4. The summed E-state index contributed by atoms with van der Waals surface area (Å²) in [5, 5.41) is 9.42.